The Morgan fingerprint density at radius 2 is 0.781 bits per heavy atom. The van der Waals surface area contributed by atoms with E-state index in [1.165, 1.54) is 16.8 Å². The molecule has 0 aliphatic heterocycles. The highest BCUT2D eigenvalue weighted by atomic mass is 15.2. The van der Waals surface area contributed by atoms with Crippen molar-refractivity contribution >= 4 is 51.2 Å². The smallest absolute Gasteiger partial charge is 0.0476 e. The van der Waals surface area contributed by atoms with Crippen LogP contribution in [0, 0.1) is 0 Å². The van der Waals surface area contributed by atoms with E-state index >= 15 is 0 Å². The summed E-state index contributed by atoms with van der Waals surface area (Å²) in [6.45, 7) is 4.10. The lowest BCUT2D eigenvalue weighted by Crippen LogP contribution is -2.17. The van der Waals surface area contributed by atoms with E-state index in [4.69, 9.17) is 0 Å². The van der Waals surface area contributed by atoms with Gasteiger partial charge in [0.25, 0.3) is 0 Å². The van der Waals surface area contributed by atoms with Crippen LogP contribution in [0.4, 0.5) is 51.2 Å². The maximum atomic E-state index is 4.10. The molecule has 8 aromatic rings. The monoisotopic (exact) mass is 826 g/mol. The molecule has 4 nitrogen and oxygen atoms in total. The van der Waals surface area contributed by atoms with Gasteiger partial charge in [-0.1, -0.05) is 140 Å². The molecule has 0 amide bonds. The Kier molecular flexibility index (Phi) is 12.8. The normalized spacial score (nSPS) is 12.4. The zero-order valence-electron chi connectivity index (χ0n) is 35.8. The maximum absolute atomic E-state index is 4.10. The fourth-order valence-corrected chi connectivity index (χ4v) is 8.17. The largest absolute Gasteiger partial charge is 0.317 e. The van der Waals surface area contributed by atoms with E-state index in [9.17, 15) is 0 Å². The van der Waals surface area contributed by atoms with Gasteiger partial charge in [-0.05, 0) is 151 Å². The van der Waals surface area contributed by atoms with Crippen molar-refractivity contribution in [2.75, 3.05) is 19.6 Å². The van der Waals surface area contributed by atoms with E-state index in [0.717, 1.165) is 69.7 Å². The molecule has 0 heterocycles. The summed E-state index contributed by atoms with van der Waals surface area (Å²) < 4.78 is 0. The van der Waals surface area contributed by atoms with Crippen LogP contribution >= 0.6 is 0 Å². The van der Waals surface area contributed by atoms with Gasteiger partial charge in [0.2, 0.25) is 0 Å². The van der Waals surface area contributed by atoms with E-state index in [2.05, 4.69) is 275 Å². The topological polar surface area (TPSA) is 13.0 Å². The highest BCUT2D eigenvalue weighted by molar-refractivity contribution is 5.82. The summed E-state index contributed by atoms with van der Waals surface area (Å²) in [4.78, 5) is 9.15. The minimum atomic E-state index is 0.972. The molecule has 0 bridgehead atoms. The summed E-state index contributed by atoms with van der Waals surface area (Å²) >= 11 is 0. The Morgan fingerprint density at radius 1 is 0.391 bits per heavy atom. The number of benzene rings is 8. The Bertz CT molecular complexity index is 2810. The first kappa shape index (κ1) is 41.0. The van der Waals surface area contributed by atoms with Crippen molar-refractivity contribution in [1.82, 2.24) is 0 Å². The first-order valence-corrected chi connectivity index (χ1v) is 21.9. The molecule has 0 aromatic heterocycles. The molecule has 0 atom stereocenters. The zero-order valence-corrected chi connectivity index (χ0v) is 35.8. The molecule has 1 aliphatic carbocycles. The number of para-hydroxylation sites is 4. The van der Waals surface area contributed by atoms with Crippen molar-refractivity contribution in [1.29, 1.82) is 0 Å². The summed E-state index contributed by atoms with van der Waals surface area (Å²) in [6, 6.07) is 79.2. The molecule has 0 N–H and O–H groups in total. The van der Waals surface area contributed by atoms with Gasteiger partial charge in [-0.15, -0.1) is 0 Å². The van der Waals surface area contributed by atoms with Gasteiger partial charge in [0.15, 0.2) is 0 Å². The predicted octanol–water partition coefficient (Wildman–Crippen LogP) is 16.8. The lowest BCUT2D eigenvalue weighted by Gasteiger charge is -2.30. The van der Waals surface area contributed by atoms with Gasteiger partial charge in [0.1, 0.15) is 0 Å². The molecule has 0 radical (unpaired) electrons. The van der Waals surface area contributed by atoms with Gasteiger partial charge in [0, 0.05) is 68.8 Å². The Labute approximate surface area is 378 Å². The van der Waals surface area contributed by atoms with E-state index < -0.39 is 0 Å². The number of rotatable bonds is 15. The third-order valence-electron chi connectivity index (χ3n) is 11.2. The molecule has 9 rings (SSSR count). The highest BCUT2D eigenvalue weighted by Crippen LogP contribution is 2.40. The lowest BCUT2D eigenvalue weighted by atomic mass is 10.0. The quantitative estimate of drug-likeness (QED) is 0.0955. The van der Waals surface area contributed by atoms with Crippen molar-refractivity contribution in [2.24, 2.45) is 0 Å². The molecule has 0 spiro atoms. The Hall–Kier alpha value is -8.34. The molecule has 64 heavy (non-hydrogen) atoms. The van der Waals surface area contributed by atoms with Crippen molar-refractivity contribution in [3.8, 4) is 11.1 Å². The van der Waals surface area contributed by atoms with Crippen LogP contribution in [0.15, 0.2) is 285 Å². The average molecular weight is 827 g/mol. The van der Waals surface area contributed by atoms with Crippen LogP contribution in [-0.4, -0.2) is 0 Å². The van der Waals surface area contributed by atoms with Crippen LogP contribution in [0.5, 0.6) is 0 Å². The molecular weight excluding hydrogens is 777 g/mol. The van der Waals surface area contributed by atoms with Gasteiger partial charge >= 0.3 is 0 Å². The number of hydrogen-bond donors (Lipinski definition) is 0. The van der Waals surface area contributed by atoms with Crippen LogP contribution < -0.4 is 19.6 Å². The zero-order chi connectivity index (χ0) is 43.3. The van der Waals surface area contributed by atoms with Crippen LogP contribution in [0.25, 0.3) is 11.1 Å². The van der Waals surface area contributed by atoms with Crippen LogP contribution in [0.3, 0.4) is 0 Å². The summed E-state index contributed by atoms with van der Waals surface area (Å²) in [5, 5.41) is 0. The van der Waals surface area contributed by atoms with Crippen LogP contribution in [-0.2, 0) is 0 Å². The molecular formula is C60H50N4. The van der Waals surface area contributed by atoms with Crippen LogP contribution in [0.1, 0.15) is 12.8 Å². The third kappa shape index (κ3) is 9.42. The second kappa shape index (κ2) is 20.0. The van der Waals surface area contributed by atoms with Crippen LogP contribution in [0.2, 0.25) is 0 Å². The van der Waals surface area contributed by atoms with E-state index in [0.29, 0.717) is 0 Å². The SMILES string of the molecule is C=C/C=C(\C=C/N(c1ccccc1)c1ccc(N(c2ccc(-c3ccccc3)cc2)c2ccc(N(C3=CCCC=C3)c3ccccc3)cc2)cc1)N(c1ccccc1)c1ccccc1. The van der Waals surface area contributed by atoms with Crippen molar-refractivity contribution in [2.45, 2.75) is 12.8 Å². The molecule has 0 fully saturated rings. The third-order valence-corrected chi connectivity index (χ3v) is 11.2. The first-order chi connectivity index (χ1) is 31.7. The minimum absolute atomic E-state index is 0.972. The Morgan fingerprint density at radius 3 is 1.27 bits per heavy atom. The minimum Gasteiger partial charge on any atom is -0.317 e. The molecule has 4 heteroatoms. The number of allylic oxidation sites excluding steroid dienone is 6. The fourth-order valence-electron chi connectivity index (χ4n) is 8.17. The highest BCUT2D eigenvalue weighted by Gasteiger charge is 2.19. The first-order valence-electron chi connectivity index (χ1n) is 21.9. The second-order valence-corrected chi connectivity index (χ2v) is 15.4. The van der Waals surface area contributed by atoms with Gasteiger partial charge in [-0.2, -0.15) is 0 Å². The van der Waals surface area contributed by atoms with E-state index in [1.807, 2.05) is 18.2 Å². The van der Waals surface area contributed by atoms with Gasteiger partial charge in [0.05, 0.1) is 0 Å². The van der Waals surface area contributed by atoms with Crippen molar-refractivity contribution in [3.05, 3.63) is 285 Å². The molecule has 0 unspecified atom stereocenters. The summed E-state index contributed by atoms with van der Waals surface area (Å²) in [6.07, 6.45) is 17.1. The van der Waals surface area contributed by atoms with Gasteiger partial charge < -0.3 is 19.6 Å². The Balaban J connectivity index is 1.09. The molecule has 0 saturated carbocycles. The van der Waals surface area contributed by atoms with Gasteiger partial charge in [-0.25, -0.2) is 0 Å². The number of hydrogen-bond acceptors (Lipinski definition) is 4. The van der Waals surface area contributed by atoms with Gasteiger partial charge in [-0.3, -0.25) is 0 Å². The summed E-state index contributed by atoms with van der Waals surface area (Å²) in [7, 11) is 0. The van der Waals surface area contributed by atoms with Crippen molar-refractivity contribution in [3.63, 3.8) is 0 Å². The molecule has 8 aromatic carbocycles. The lowest BCUT2D eigenvalue weighted by molar-refractivity contribution is 0.997. The van der Waals surface area contributed by atoms with Crippen molar-refractivity contribution < 1.29 is 0 Å². The summed E-state index contributed by atoms with van der Waals surface area (Å²) in [5.74, 6) is 0. The maximum Gasteiger partial charge on any atom is 0.0476 e. The average Bonchev–Trinajstić information content (AvgIpc) is 3.37. The van der Waals surface area contributed by atoms with E-state index in [-0.39, 0.29) is 0 Å². The fraction of sp³-hybridized carbons (Fsp3) is 0.0333. The summed E-state index contributed by atoms with van der Waals surface area (Å²) in [5.41, 5.74) is 14.1. The molecule has 1 aliphatic rings. The van der Waals surface area contributed by atoms with E-state index in [1.54, 1.807) is 0 Å². The predicted molar refractivity (Wildman–Crippen MR) is 273 cm³/mol. The number of nitrogens with zero attached hydrogens (tertiary/aromatic N) is 4. The standard InChI is InChI=1S/C60H50N4/c1-2-21-52(62(53-26-13-5-14-27-53)54-28-15-6-16-29-54)46-47-61(50-24-11-4-12-25-50)51-38-40-58(41-39-51)64(57-36-34-49(35-37-57)48-22-9-3-10-23-48)60-44-42-59(43-45-60)63(55-30-17-7-18-31-55)56-32-19-8-20-33-56/h2-7,9-19,21-47H,1,8,20H2/b47-46-,52-21+. The number of anilines is 9. The second-order valence-electron chi connectivity index (χ2n) is 15.4. The molecule has 310 valence electrons. The molecule has 0 saturated heterocycles.